The van der Waals surface area contributed by atoms with Crippen molar-refractivity contribution in [3.8, 4) is 0 Å². The molecule has 5 nitrogen and oxygen atoms in total. The van der Waals surface area contributed by atoms with Crippen molar-refractivity contribution >= 4 is 11.8 Å². The largest absolute Gasteiger partial charge is 0.357 e. The van der Waals surface area contributed by atoms with Crippen LogP contribution in [0.2, 0.25) is 0 Å². The van der Waals surface area contributed by atoms with Gasteiger partial charge in [0.05, 0.1) is 0 Å². The highest BCUT2D eigenvalue weighted by Crippen LogP contribution is 2.17. The van der Waals surface area contributed by atoms with Crippen LogP contribution in [-0.2, 0) is 6.54 Å². The molecule has 2 N–H and O–H groups in total. The van der Waals surface area contributed by atoms with Crippen molar-refractivity contribution in [3.05, 3.63) is 23.9 Å². The highest BCUT2D eigenvalue weighted by Gasteiger charge is 2.14. The standard InChI is InChI=1S/C18H30N4O/c1-3-22(4-2)17-12-11-15(13-19-17)14-20-18(23)21-16-9-7-5-6-8-10-16/h11-13,16H,3-10,14H2,1-2H3,(H2,20,21,23). The first-order chi connectivity index (χ1) is 11.2. The van der Waals surface area contributed by atoms with Gasteiger partial charge in [0.25, 0.3) is 0 Å². The van der Waals surface area contributed by atoms with E-state index in [9.17, 15) is 4.79 Å². The van der Waals surface area contributed by atoms with Crippen molar-refractivity contribution in [1.82, 2.24) is 15.6 Å². The van der Waals surface area contributed by atoms with Gasteiger partial charge in [-0.15, -0.1) is 0 Å². The number of pyridine rings is 1. The molecule has 1 aromatic rings. The van der Waals surface area contributed by atoms with E-state index in [0.29, 0.717) is 12.6 Å². The quantitative estimate of drug-likeness (QED) is 0.790. The summed E-state index contributed by atoms with van der Waals surface area (Å²) in [5, 5.41) is 6.04. The Morgan fingerprint density at radius 2 is 1.87 bits per heavy atom. The second-order valence-corrected chi connectivity index (χ2v) is 6.21. The van der Waals surface area contributed by atoms with Crippen molar-refractivity contribution in [2.24, 2.45) is 0 Å². The number of carbonyl (C=O) groups excluding carboxylic acids is 1. The molecule has 1 aromatic heterocycles. The Balaban J connectivity index is 1.77. The van der Waals surface area contributed by atoms with Gasteiger partial charge in [-0.1, -0.05) is 31.7 Å². The summed E-state index contributed by atoms with van der Waals surface area (Å²) in [6, 6.07) is 4.32. The van der Waals surface area contributed by atoms with Gasteiger partial charge in [-0.05, 0) is 38.3 Å². The summed E-state index contributed by atoms with van der Waals surface area (Å²) < 4.78 is 0. The van der Waals surface area contributed by atoms with E-state index in [0.717, 1.165) is 37.3 Å². The molecule has 0 bridgehead atoms. The third-order valence-corrected chi connectivity index (χ3v) is 4.54. The molecular weight excluding hydrogens is 288 g/mol. The van der Waals surface area contributed by atoms with Gasteiger partial charge in [-0.3, -0.25) is 0 Å². The van der Waals surface area contributed by atoms with Gasteiger partial charge in [0.15, 0.2) is 0 Å². The molecule has 2 rings (SSSR count). The van der Waals surface area contributed by atoms with Crippen LogP contribution < -0.4 is 15.5 Å². The van der Waals surface area contributed by atoms with Gasteiger partial charge in [-0.2, -0.15) is 0 Å². The van der Waals surface area contributed by atoms with Gasteiger partial charge < -0.3 is 15.5 Å². The van der Waals surface area contributed by atoms with E-state index in [2.05, 4.69) is 34.4 Å². The van der Waals surface area contributed by atoms with E-state index in [1.807, 2.05) is 18.3 Å². The molecule has 23 heavy (non-hydrogen) atoms. The predicted octanol–water partition coefficient (Wildman–Crippen LogP) is 3.45. The molecular formula is C18H30N4O. The molecule has 1 heterocycles. The maximum atomic E-state index is 12.0. The molecule has 1 fully saturated rings. The summed E-state index contributed by atoms with van der Waals surface area (Å²) in [5.41, 5.74) is 1.02. The molecule has 1 aliphatic rings. The first-order valence-electron chi connectivity index (χ1n) is 8.97. The Morgan fingerprint density at radius 1 is 1.17 bits per heavy atom. The van der Waals surface area contributed by atoms with Crippen LogP contribution in [-0.4, -0.2) is 30.1 Å². The van der Waals surface area contributed by atoms with E-state index < -0.39 is 0 Å². The summed E-state index contributed by atoms with van der Waals surface area (Å²) >= 11 is 0. The van der Waals surface area contributed by atoms with E-state index in [-0.39, 0.29) is 6.03 Å². The van der Waals surface area contributed by atoms with Crippen LogP contribution >= 0.6 is 0 Å². The number of hydrogen-bond acceptors (Lipinski definition) is 3. The molecule has 0 aliphatic heterocycles. The number of nitrogens with one attached hydrogen (secondary N) is 2. The molecule has 2 amide bonds. The van der Waals surface area contributed by atoms with Gasteiger partial charge in [0, 0.05) is 31.9 Å². The predicted molar refractivity (Wildman–Crippen MR) is 94.7 cm³/mol. The highest BCUT2D eigenvalue weighted by molar-refractivity contribution is 5.74. The molecule has 1 aliphatic carbocycles. The molecule has 0 unspecified atom stereocenters. The lowest BCUT2D eigenvalue weighted by Crippen LogP contribution is -2.41. The lowest BCUT2D eigenvalue weighted by atomic mass is 10.1. The maximum absolute atomic E-state index is 12.0. The Hall–Kier alpha value is -1.78. The van der Waals surface area contributed by atoms with E-state index >= 15 is 0 Å². The number of carbonyl (C=O) groups is 1. The number of rotatable bonds is 6. The SMILES string of the molecule is CCN(CC)c1ccc(CNC(=O)NC2CCCCCC2)cn1. The van der Waals surface area contributed by atoms with E-state index in [1.54, 1.807) is 0 Å². The van der Waals surface area contributed by atoms with Crippen LogP contribution in [0.4, 0.5) is 10.6 Å². The fraction of sp³-hybridized carbons (Fsp3) is 0.667. The van der Waals surface area contributed by atoms with Gasteiger partial charge in [-0.25, -0.2) is 9.78 Å². The van der Waals surface area contributed by atoms with Crippen LogP contribution in [0.1, 0.15) is 57.9 Å². The topological polar surface area (TPSA) is 57.3 Å². The molecule has 1 saturated carbocycles. The Morgan fingerprint density at radius 3 is 2.43 bits per heavy atom. The second-order valence-electron chi connectivity index (χ2n) is 6.21. The minimum Gasteiger partial charge on any atom is -0.357 e. The number of urea groups is 1. The van der Waals surface area contributed by atoms with Crippen molar-refractivity contribution in [3.63, 3.8) is 0 Å². The molecule has 0 aromatic carbocycles. The third-order valence-electron chi connectivity index (χ3n) is 4.54. The van der Waals surface area contributed by atoms with Gasteiger partial charge in [0.1, 0.15) is 5.82 Å². The second kappa shape index (κ2) is 9.38. The van der Waals surface area contributed by atoms with Crippen LogP contribution in [0, 0.1) is 0 Å². The fourth-order valence-electron chi connectivity index (χ4n) is 3.10. The lowest BCUT2D eigenvalue weighted by molar-refractivity contribution is 0.235. The number of aromatic nitrogens is 1. The summed E-state index contributed by atoms with van der Waals surface area (Å²) in [7, 11) is 0. The van der Waals surface area contributed by atoms with Crippen molar-refractivity contribution < 1.29 is 4.79 Å². The Labute approximate surface area is 139 Å². The van der Waals surface area contributed by atoms with Crippen molar-refractivity contribution in [1.29, 1.82) is 0 Å². The average Bonchev–Trinajstić information content (AvgIpc) is 2.84. The molecule has 0 atom stereocenters. The third kappa shape index (κ3) is 5.73. The zero-order valence-corrected chi connectivity index (χ0v) is 14.5. The smallest absolute Gasteiger partial charge is 0.315 e. The van der Waals surface area contributed by atoms with E-state index in [4.69, 9.17) is 0 Å². The van der Waals surface area contributed by atoms with Crippen molar-refractivity contribution in [2.45, 2.75) is 65.0 Å². The van der Waals surface area contributed by atoms with Crippen LogP contribution in [0.15, 0.2) is 18.3 Å². The fourth-order valence-corrected chi connectivity index (χ4v) is 3.10. The van der Waals surface area contributed by atoms with Crippen LogP contribution in [0.25, 0.3) is 0 Å². The normalized spacial score (nSPS) is 15.7. The molecule has 0 spiro atoms. The van der Waals surface area contributed by atoms with Crippen LogP contribution in [0.5, 0.6) is 0 Å². The van der Waals surface area contributed by atoms with Crippen molar-refractivity contribution in [2.75, 3.05) is 18.0 Å². The zero-order valence-electron chi connectivity index (χ0n) is 14.5. The first kappa shape index (κ1) is 17.6. The Kier molecular flexibility index (Phi) is 7.17. The molecule has 0 saturated heterocycles. The summed E-state index contributed by atoms with van der Waals surface area (Å²) in [6.45, 7) is 6.66. The minimum atomic E-state index is -0.0651. The van der Waals surface area contributed by atoms with Gasteiger partial charge >= 0.3 is 6.03 Å². The first-order valence-corrected chi connectivity index (χ1v) is 8.97. The monoisotopic (exact) mass is 318 g/mol. The maximum Gasteiger partial charge on any atom is 0.315 e. The lowest BCUT2D eigenvalue weighted by Gasteiger charge is -2.20. The van der Waals surface area contributed by atoms with Crippen LogP contribution in [0.3, 0.4) is 0 Å². The van der Waals surface area contributed by atoms with Gasteiger partial charge in [0.2, 0.25) is 0 Å². The number of hydrogen-bond donors (Lipinski definition) is 2. The average molecular weight is 318 g/mol. The Bertz CT molecular complexity index is 462. The number of anilines is 1. The summed E-state index contributed by atoms with van der Waals surface area (Å²) in [5.74, 6) is 0.988. The molecule has 0 radical (unpaired) electrons. The minimum absolute atomic E-state index is 0.0651. The van der Waals surface area contributed by atoms with E-state index in [1.165, 1.54) is 25.7 Å². The summed E-state index contributed by atoms with van der Waals surface area (Å²) in [4.78, 5) is 18.7. The number of nitrogens with zero attached hydrogens (tertiary/aromatic N) is 2. The highest BCUT2D eigenvalue weighted by atomic mass is 16.2. The summed E-state index contributed by atoms with van der Waals surface area (Å²) in [6.07, 6.45) is 9.10. The number of amides is 2. The molecule has 5 heteroatoms. The zero-order chi connectivity index (χ0) is 16.5. The molecule has 128 valence electrons.